The second kappa shape index (κ2) is 7.66. The number of carbonyl (C=O) groups excluding carboxylic acids is 1. The Morgan fingerprint density at radius 2 is 1.94 bits per heavy atom. The largest absolute Gasteiger partial charge is 0.456 e. The van der Waals surface area contributed by atoms with Crippen molar-refractivity contribution in [3.05, 3.63) is 59.0 Å². The number of nitrogens with zero attached hydrogens (tertiary/aromatic N) is 1. The van der Waals surface area contributed by atoms with Crippen LogP contribution >= 0.6 is 0 Å². The molecule has 0 aliphatic carbocycles. The fourth-order valence-electron chi connectivity index (χ4n) is 5.77. The minimum Gasteiger partial charge on any atom is -0.456 e. The standard InChI is InChI=1S/C27H28FN3O4S/c1-27(2,3)35-26(32)25-21(36(33,34)22-13-15-16(28)6-5-7-17(15)30-22)11-10-19-24(25)23-18-9-8-14(29-18)12-20(23)31(19)4/h5-7,10-11,13-14,18,29-30H,8-9,12H2,1-4H3. The molecule has 0 spiro atoms. The number of fused-ring (bicyclic) bond motifs is 7. The summed E-state index contributed by atoms with van der Waals surface area (Å²) in [5, 5.41) is 4.24. The van der Waals surface area contributed by atoms with Gasteiger partial charge in [-0.3, -0.25) is 0 Å². The summed E-state index contributed by atoms with van der Waals surface area (Å²) in [6.07, 6.45) is 2.76. The summed E-state index contributed by atoms with van der Waals surface area (Å²) in [6, 6.07) is 9.34. The molecule has 4 heterocycles. The first-order chi connectivity index (χ1) is 17.0. The number of nitrogens with one attached hydrogen (secondary N) is 2. The predicted molar refractivity (Wildman–Crippen MR) is 134 cm³/mol. The number of aryl methyl sites for hydroxylation is 1. The van der Waals surface area contributed by atoms with Crippen LogP contribution in [0.1, 0.15) is 61.3 Å². The van der Waals surface area contributed by atoms with Gasteiger partial charge in [-0.25, -0.2) is 17.6 Å². The van der Waals surface area contributed by atoms with Crippen molar-refractivity contribution in [3.8, 4) is 0 Å². The molecular formula is C27H28FN3O4S. The lowest BCUT2D eigenvalue weighted by atomic mass is 9.96. The monoisotopic (exact) mass is 509 g/mol. The van der Waals surface area contributed by atoms with Gasteiger partial charge in [0.1, 0.15) is 16.4 Å². The van der Waals surface area contributed by atoms with Crippen LogP contribution in [0, 0.1) is 5.82 Å². The first kappa shape index (κ1) is 23.2. The van der Waals surface area contributed by atoms with Crippen molar-refractivity contribution in [1.29, 1.82) is 0 Å². The van der Waals surface area contributed by atoms with Crippen LogP contribution in [0.25, 0.3) is 21.8 Å². The molecule has 2 aliphatic rings. The molecule has 6 rings (SSSR count). The molecule has 1 saturated heterocycles. The summed E-state index contributed by atoms with van der Waals surface area (Å²) in [4.78, 5) is 16.4. The van der Waals surface area contributed by atoms with Crippen LogP contribution in [0.15, 0.2) is 46.3 Å². The summed E-state index contributed by atoms with van der Waals surface area (Å²) < 4.78 is 50.2. The molecule has 4 aromatic rings. The van der Waals surface area contributed by atoms with E-state index in [4.69, 9.17) is 4.74 Å². The van der Waals surface area contributed by atoms with Gasteiger partial charge in [0.25, 0.3) is 0 Å². The van der Waals surface area contributed by atoms with Crippen LogP contribution < -0.4 is 5.32 Å². The topological polar surface area (TPSA) is 93.2 Å². The number of aromatic amines is 1. The lowest BCUT2D eigenvalue weighted by Gasteiger charge is -2.24. The van der Waals surface area contributed by atoms with E-state index in [9.17, 15) is 17.6 Å². The lowest BCUT2D eigenvalue weighted by Crippen LogP contribution is -2.32. The molecule has 2 aromatic carbocycles. The van der Waals surface area contributed by atoms with Crippen LogP contribution in [0.3, 0.4) is 0 Å². The minimum atomic E-state index is -4.22. The number of H-pyrrole nitrogens is 1. The van der Waals surface area contributed by atoms with Crippen LogP contribution in [0.4, 0.5) is 4.39 Å². The van der Waals surface area contributed by atoms with Crippen LogP contribution in [0.5, 0.6) is 0 Å². The van der Waals surface area contributed by atoms with Gasteiger partial charge in [-0.15, -0.1) is 0 Å². The molecule has 1 fully saturated rings. The first-order valence-electron chi connectivity index (χ1n) is 12.1. The summed E-state index contributed by atoms with van der Waals surface area (Å²) in [5.74, 6) is -1.21. The van der Waals surface area contributed by atoms with Crippen LogP contribution in [-0.2, 0) is 28.0 Å². The molecule has 2 unspecified atom stereocenters. The molecule has 0 amide bonds. The Kier molecular flexibility index (Phi) is 4.95. The number of carbonyl (C=O) groups is 1. The highest BCUT2D eigenvalue weighted by molar-refractivity contribution is 7.91. The Morgan fingerprint density at radius 3 is 2.67 bits per heavy atom. The number of esters is 1. The SMILES string of the molecule is Cn1c2c(c3c(C(=O)OC(C)(C)C)c(S(=O)(=O)c4cc5c(F)cccc5[nH]4)ccc31)C1CCC(C2)N1. The zero-order valence-electron chi connectivity index (χ0n) is 20.6. The fourth-order valence-corrected chi connectivity index (χ4v) is 7.23. The van der Waals surface area contributed by atoms with E-state index >= 15 is 0 Å². The zero-order chi connectivity index (χ0) is 25.6. The Balaban J connectivity index is 1.65. The Bertz CT molecular complexity index is 1680. The normalized spacial score (nSPS) is 19.7. The molecule has 0 radical (unpaired) electrons. The Hall–Kier alpha value is -3.17. The highest BCUT2D eigenvalue weighted by Gasteiger charge is 2.40. The fraction of sp³-hybridized carbons (Fsp3) is 0.370. The van der Waals surface area contributed by atoms with Crippen LogP contribution in [-0.4, -0.2) is 35.6 Å². The quantitative estimate of drug-likeness (QED) is 0.382. The number of ether oxygens (including phenoxy) is 1. The van der Waals surface area contributed by atoms with Crippen molar-refractivity contribution in [2.24, 2.45) is 7.05 Å². The summed E-state index contributed by atoms with van der Waals surface area (Å²) >= 11 is 0. The molecule has 188 valence electrons. The molecular weight excluding hydrogens is 481 g/mol. The van der Waals surface area contributed by atoms with Gasteiger partial charge in [0, 0.05) is 53.1 Å². The van der Waals surface area contributed by atoms with E-state index in [0.29, 0.717) is 16.9 Å². The lowest BCUT2D eigenvalue weighted by molar-refractivity contribution is 0.00675. The number of hydrogen-bond acceptors (Lipinski definition) is 5. The van der Waals surface area contributed by atoms with Gasteiger partial charge in [-0.2, -0.15) is 0 Å². The van der Waals surface area contributed by atoms with Gasteiger partial charge < -0.3 is 19.6 Å². The predicted octanol–water partition coefficient (Wildman–Crippen LogP) is 4.94. The Labute approximate surface area is 208 Å². The molecule has 2 bridgehead atoms. The van der Waals surface area contributed by atoms with Crippen molar-refractivity contribution >= 4 is 37.6 Å². The number of hydrogen-bond donors (Lipinski definition) is 2. The van der Waals surface area contributed by atoms with Crippen molar-refractivity contribution in [1.82, 2.24) is 14.9 Å². The van der Waals surface area contributed by atoms with Crippen molar-refractivity contribution in [3.63, 3.8) is 0 Å². The van der Waals surface area contributed by atoms with E-state index in [0.717, 1.165) is 36.0 Å². The number of halogens is 1. The van der Waals surface area contributed by atoms with E-state index in [-0.39, 0.29) is 26.9 Å². The van der Waals surface area contributed by atoms with Crippen molar-refractivity contribution in [2.75, 3.05) is 0 Å². The zero-order valence-corrected chi connectivity index (χ0v) is 21.4. The van der Waals surface area contributed by atoms with E-state index in [1.165, 1.54) is 24.3 Å². The summed E-state index contributed by atoms with van der Waals surface area (Å²) in [6.45, 7) is 5.26. The van der Waals surface area contributed by atoms with E-state index < -0.39 is 27.2 Å². The smallest absolute Gasteiger partial charge is 0.340 e. The second-order valence-electron chi connectivity index (χ2n) is 10.8. The third-order valence-electron chi connectivity index (χ3n) is 7.29. The van der Waals surface area contributed by atoms with Gasteiger partial charge in [-0.05, 0) is 69.5 Å². The maximum atomic E-state index is 14.4. The van der Waals surface area contributed by atoms with Gasteiger partial charge in [0.2, 0.25) is 9.84 Å². The molecule has 2 aromatic heterocycles. The number of benzene rings is 2. The molecule has 2 atom stereocenters. The van der Waals surface area contributed by atoms with Gasteiger partial charge in [0.05, 0.1) is 10.5 Å². The molecule has 2 aliphatic heterocycles. The molecule has 9 heteroatoms. The average Bonchev–Trinajstić information content (AvgIpc) is 3.48. The highest BCUT2D eigenvalue weighted by Crippen LogP contribution is 2.44. The molecule has 36 heavy (non-hydrogen) atoms. The van der Waals surface area contributed by atoms with Crippen molar-refractivity contribution < 1.29 is 22.3 Å². The second-order valence-corrected chi connectivity index (χ2v) is 12.7. The third-order valence-corrected chi connectivity index (χ3v) is 9.01. The van der Waals surface area contributed by atoms with E-state index in [1.807, 2.05) is 7.05 Å². The van der Waals surface area contributed by atoms with Crippen molar-refractivity contribution in [2.45, 2.75) is 67.6 Å². The first-order valence-corrected chi connectivity index (χ1v) is 13.6. The average molecular weight is 510 g/mol. The number of rotatable bonds is 3. The van der Waals surface area contributed by atoms with E-state index in [1.54, 1.807) is 32.9 Å². The number of sulfone groups is 1. The Morgan fingerprint density at radius 1 is 1.17 bits per heavy atom. The maximum Gasteiger partial charge on any atom is 0.340 e. The van der Waals surface area contributed by atoms with E-state index in [2.05, 4.69) is 14.9 Å². The number of aromatic nitrogens is 2. The third kappa shape index (κ3) is 3.40. The maximum absolute atomic E-state index is 14.4. The molecule has 0 saturated carbocycles. The summed E-state index contributed by atoms with van der Waals surface area (Å²) in [5.41, 5.74) is 2.45. The van der Waals surface area contributed by atoms with Gasteiger partial charge in [-0.1, -0.05) is 6.07 Å². The summed E-state index contributed by atoms with van der Waals surface area (Å²) in [7, 11) is -2.27. The minimum absolute atomic E-state index is 0.0329. The van der Waals surface area contributed by atoms with Crippen LogP contribution in [0.2, 0.25) is 0 Å². The highest BCUT2D eigenvalue weighted by atomic mass is 32.2. The molecule has 7 nitrogen and oxygen atoms in total. The van der Waals surface area contributed by atoms with Gasteiger partial charge in [0.15, 0.2) is 0 Å². The molecule has 2 N–H and O–H groups in total. The van der Waals surface area contributed by atoms with Gasteiger partial charge >= 0.3 is 5.97 Å².